The van der Waals surface area contributed by atoms with Crippen molar-refractivity contribution in [1.29, 1.82) is 0 Å². The molecule has 0 aliphatic rings. The molecule has 0 aliphatic carbocycles. The van der Waals surface area contributed by atoms with Gasteiger partial charge in [0.05, 0.1) is 110 Å². The fourth-order valence-electron chi connectivity index (χ4n) is 13.5. The Balaban J connectivity index is 0.000000175. The molecule has 0 saturated carbocycles. The highest BCUT2D eigenvalue weighted by Gasteiger charge is 2.22. The molecule has 0 radical (unpaired) electrons. The molecule has 0 fully saturated rings. The molecule has 0 N–H and O–H groups in total. The van der Waals surface area contributed by atoms with Crippen molar-refractivity contribution in [3.8, 4) is 56.7 Å². The van der Waals surface area contributed by atoms with E-state index in [1.54, 1.807) is 37.4 Å². The molecule has 134 heavy (non-hydrogen) atoms. The summed E-state index contributed by atoms with van der Waals surface area (Å²) >= 11 is 0. The molecule has 32 nitrogen and oxygen atoms in total. The standard InChI is InChI=1S/C25H22N2O2.C17H16N2O2.C13H14N2O2.C12H14N2O2.C11H12N2O2.C9H14N2O2.C8H12N2O2.C7H10N2O2/c1-19(28)29-18-17-27-24(21-13-7-3-8-14-21)23(20-11-5-2-6-12-20)26-25(27)22-15-9-4-10-16-22;1-13(20)21-12-11-19-16-10-6-5-9-15(16)18-17(19)14-7-3-2-4-8-14;1-11(16)17-10-9-15-8-7-14-13(15)12-5-3-2-4-6-12;1-9-13-11-5-3-4-6-12(11)14(9)7-8-16-10(2)15;1-9(14)15-7-6-13-8-12-10-4-2-3-5-11(10)13;1-3-9-10-4-5-11(9)6-7-13-8(2)12;1-7-9-3-4-10(7)5-6-12-8(2)11;1-7(10)11-5-4-9-3-2-8-6-9/h2-16H,17-18H2,1H3;2-10H,11-12H2,1H3;2-8H,9-10H2,1H3;3-6H,7-8H2,1-2H3;2-5,8H,6-7H2,1H3;4-5H,3,6-7H2,1-2H3;3-4H,5-6H2,1-2H3;2-3,6H,4-5H2,1H3. The van der Waals surface area contributed by atoms with E-state index in [9.17, 15) is 38.4 Å². The highest BCUT2D eigenvalue weighted by Crippen LogP contribution is 2.37. The van der Waals surface area contributed by atoms with Crippen LogP contribution in [0.4, 0.5) is 0 Å². The number of ether oxygens (including phenoxy) is 8. The van der Waals surface area contributed by atoms with Crippen LogP contribution in [0.1, 0.15) is 79.8 Å². The van der Waals surface area contributed by atoms with E-state index in [4.69, 9.17) is 47.9 Å². The zero-order chi connectivity index (χ0) is 95.8. The lowest BCUT2D eigenvalue weighted by molar-refractivity contribution is -0.142. The maximum Gasteiger partial charge on any atom is 0.302 e. The monoisotopic (exact) mass is 1820 g/mol. The van der Waals surface area contributed by atoms with E-state index < -0.39 is 0 Å². The largest absolute Gasteiger partial charge is 0.464 e. The molecule has 8 heterocycles. The highest BCUT2D eigenvalue weighted by molar-refractivity contribution is 5.84. The zero-order valence-electron chi connectivity index (χ0n) is 77.3. The average Bonchev–Trinajstić information content (AvgIpc) is 1.43. The Hall–Kier alpha value is -16.0. The third kappa shape index (κ3) is 33.8. The summed E-state index contributed by atoms with van der Waals surface area (Å²) in [7, 11) is 0. The molecule has 0 spiro atoms. The lowest BCUT2D eigenvalue weighted by atomic mass is 10.0. The van der Waals surface area contributed by atoms with E-state index in [1.807, 2.05) is 269 Å². The van der Waals surface area contributed by atoms with E-state index in [0.717, 1.165) is 114 Å². The number of fused-ring (bicyclic) bond motifs is 3. The number of carbonyl (C=O) groups is 8. The van der Waals surface area contributed by atoms with Crippen LogP contribution in [-0.4, -0.2) is 177 Å². The number of para-hydroxylation sites is 6. The van der Waals surface area contributed by atoms with Crippen molar-refractivity contribution in [1.82, 2.24) is 76.4 Å². The fourth-order valence-corrected chi connectivity index (χ4v) is 13.5. The Labute approximate surface area is 778 Å². The summed E-state index contributed by atoms with van der Waals surface area (Å²) in [5.74, 6) is 3.50. The maximum atomic E-state index is 11.3. The number of nitrogens with zero attached hydrogens (tertiary/aromatic N) is 16. The lowest BCUT2D eigenvalue weighted by Gasteiger charge is -2.13. The molecule has 32 heteroatoms. The van der Waals surface area contributed by atoms with Crippen LogP contribution in [0.5, 0.6) is 0 Å². The van der Waals surface area contributed by atoms with Gasteiger partial charge < -0.3 is 74.4 Å². The van der Waals surface area contributed by atoms with Crippen molar-refractivity contribution in [2.24, 2.45) is 0 Å². The van der Waals surface area contributed by atoms with Gasteiger partial charge in [0.2, 0.25) is 0 Å². The molecule has 0 atom stereocenters. The van der Waals surface area contributed by atoms with Crippen LogP contribution in [0.25, 0.3) is 89.8 Å². The van der Waals surface area contributed by atoms with Gasteiger partial charge in [-0.15, -0.1) is 0 Å². The van der Waals surface area contributed by atoms with Crippen molar-refractivity contribution < 1.29 is 76.3 Å². The van der Waals surface area contributed by atoms with Crippen molar-refractivity contribution in [2.75, 3.05) is 52.9 Å². The van der Waals surface area contributed by atoms with Gasteiger partial charge in [-0.2, -0.15) is 0 Å². The van der Waals surface area contributed by atoms with Gasteiger partial charge in [0, 0.05) is 139 Å². The molecule has 0 aliphatic heterocycles. The minimum Gasteiger partial charge on any atom is -0.464 e. The van der Waals surface area contributed by atoms with Crippen molar-refractivity contribution in [3.63, 3.8) is 0 Å². The quantitative estimate of drug-likeness (QED) is 0.0298. The number of aryl methyl sites for hydroxylation is 3. The van der Waals surface area contributed by atoms with E-state index in [-0.39, 0.29) is 47.8 Å². The first kappa shape index (κ1) is 102. The molecule has 16 rings (SSSR count). The minimum atomic E-state index is -0.282. The smallest absolute Gasteiger partial charge is 0.302 e. The van der Waals surface area contributed by atoms with Gasteiger partial charge in [-0.25, -0.2) is 39.9 Å². The van der Waals surface area contributed by atoms with Crippen molar-refractivity contribution >= 4 is 80.9 Å². The van der Waals surface area contributed by atoms with Gasteiger partial charge in [-0.3, -0.25) is 38.4 Å². The topological polar surface area (TPSA) is 353 Å². The predicted octanol–water partition coefficient (Wildman–Crippen LogP) is 16.5. The van der Waals surface area contributed by atoms with Crippen LogP contribution in [-0.2, 0) is 135 Å². The van der Waals surface area contributed by atoms with Crippen LogP contribution in [0.3, 0.4) is 0 Å². The molecule has 8 aromatic heterocycles. The minimum absolute atomic E-state index is 0.238. The number of carbonyl (C=O) groups excluding carboxylic acids is 8. The molecule has 8 aromatic carbocycles. The molecule has 0 bridgehead atoms. The molecular formula is C102H114N16O16. The second-order valence-electron chi connectivity index (χ2n) is 29.4. The SMILES string of the molecule is CC(=O)OCCn1c(-c2ccccc2)nc(-c2ccccc2)c1-c1ccccc1.CC(=O)OCCn1c(-c2ccccc2)nc2ccccc21.CC(=O)OCCn1c(C)nc2ccccc21.CC(=O)OCCn1ccnc1.CC(=O)OCCn1ccnc1-c1ccccc1.CC(=O)OCCn1ccnc1C.CC(=O)OCCn1cnc2ccccc21.CCc1nccn1CCOC(C)=O. The fraction of sp³-hybridized carbons (Fsp3) is 0.275. The molecule has 0 saturated heterocycles. The number of hydrogen-bond acceptors (Lipinski definition) is 24. The van der Waals surface area contributed by atoms with Gasteiger partial charge in [0.15, 0.2) is 0 Å². The number of esters is 8. The van der Waals surface area contributed by atoms with Gasteiger partial charge in [-0.05, 0) is 50.2 Å². The summed E-state index contributed by atoms with van der Waals surface area (Å²) in [6.45, 7) is 25.2. The second kappa shape index (κ2) is 55.1. The first-order chi connectivity index (χ1) is 64.9. The molecule has 0 unspecified atom stereocenters. The normalized spacial score (nSPS) is 10.4. The molecule has 698 valence electrons. The van der Waals surface area contributed by atoms with Crippen LogP contribution in [0, 0.1) is 13.8 Å². The van der Waals surface area contributed by atoms with E-state index >= 15 is 0 Å². The summed E-state index contributed by atoms with van der Waals surface area (Å²) in [5, 5.41) is 0. The zero-order valence-corrected chi connectivity index (χ0v) is 77.3. The summed E-state index contributed by atoms with van der Waals surface area (Å²) in [5.41, 5.74) is 13.2. The average molecular weight is 1820 g/mol. The van der Waals surface area contributed by atoms with Crippen molar-refractivity contribution in [3.05, 3.63) is 304 Å². The maximum absolute atomic E-state index is 11.3. The Morgan fingerprint density at radius 2 is 0.634 bits per heavy atom. The summed E-state index contributed by atoms with van der Waals surface area (Å²) < 4.78 is 55.4. The number of rotatable bonds is 30. The number of benzene rings is 8. The van der Waals surface area contributed by atoms with Crippen LogP contribution < -0.4 is 0 Å². The van der Waals surface area contributed by atoms with E-state index in [0.29, 0.717) is 105 Å². The van der Waals surface area contributed by atoms with Crippen LogP contribution >= 0.6 is 0 Å². The summed E-state index contributed by atoms with van der Waals surface area (Å²) in [4.78, 5) is 120. The molecule has 16 aromatic rings. The third-order valence-corrected chi connectivity index (χ3v) is 19.6. The van der Waals surface area contributed by atoms with Gasteiger partial charge in [0.25, 0.3) is 0 Å². The van der Waals surface area contributed by atoms with Gasteiger partial charge in [-0.1, -0.05) is 195 Å². The third-order valence-electron chi connectivity index (χ3n) is 19.6. The number of hydrogen-bond donors (Lipinski definition) is 0. The summed E-state index contributed by atoms with van der Waals surface area (Å²) in [6.07, 6.45) is 18.7. The highest BCUT2D eigenvalue weighted by atomic mass is 16.6. The first-order valence-corrected chi connectivity index (χ1v) is 43.6. The Morgan fingerprint density at radius 3 is 1.10 bits per heavy atom. The van der Waals surface area contributed by atoms with Crippen LogP contribution in [0.15, 0.2) is 287 Å². The van der Waals surface area contributed by atoms with E-state index in [1.165, 1.54) is 55.4 Å². The summed E-state index contributed by atoms with van der Waals surface area (Å²) in [6, 6.07) is 74.2. The second-order valence-corrected chi connectivity index (χ2v) is 29.4. The number of aromatic nitrogens is 16. The first-order valence-electron chi connectivity index (χ1n) is 43.6. The number of imidazole rings is 8. The Kier molecular flexibility index (Phi) is 41.8. The Morgan fingerprint density at radius 1 is 0.276 bits per heavy atom. The molecule has 0 amide bonds. The Bertz CT molecular complexity index is 6280. The van der Waals surface area contributed by atoms with Gasteiger partial charge in [0.1, 0.15) is 87.8 Å². The lowest BCUT2D eigenvalue weighted by Crippen LogP contribution is -2.11. The van der Waals surface area contributed by atoms with Crippen molar-refractivity contribution in [2.45, 2.75) is 135 Å². The van der Waals surface area contributed by atoms with Gasteiger partial charge >= 0.3 is 47.8 Å². The predicted molar refractivity (Wildman–Crippen MR) is 509 cm³/mol. The molecular weight excluding hydrogens is 1710 g/mol. The van der Waals surface area contributed by atoms with E-state index in [2.05, 4.69) is 67.9 Å². The van der Waals surface area contributed by atoms with Crippen LogP contribution in [0.2, 0.25) is 0 Å².